The highest BCUT2D eigenvalue weighted by molar-refractivity contribution is 6.13. The molecule has 15 aromatic heterocycles. The molecule has 145 heavy (non-hydrogen) atoms. The smallest absolute Gasteiger partial charge is 0.227 e. The van der Waals surface area contributed by atoms with Crippen LogP contribution in [-0.2, 0) is 67.1 Å². The van der Waals surface area contributed by atoms with Gasteiger partial charge in [0.2, 0.25) is 57.0 Å². The molecule has 5 aromatic carbocycles. The first-order valence-electron chi connectivity index (χ1n) is 67.7. The van der Waals surface area contributed by atoms with Gasteiger partial charge in [-0.1, -0.05) is 199 Å². The monoisotopic (exact) mass is 1970 g/mol. The third-order valence-electron chi connectivity index (χ3n) is 26.1. The van der Waals surface area contributed by atoms with Crippen molar-refractivity contribution >= 4 is 110 Å². The molecule has 0 radical (unpaired) electrons. The van der Waals surface area contributed by atoms with Gasteiger partial charge in [-0.2, -0.15) is 0 Å². The van der Waals surface area contributed by atoms with Crippen LogP contribution in [0.4, 0.5) is 0 Å². The maximum absolute atomic E-state index is 8.70. The number of aromatic nitrogens is 10. The lowest BCUT2D eigenvalue weighted by Gasteiger charge is -2.12. The first-order chi connectivity index (χ1) is 83.4. The molecule has 20 rings (SSSR count). The lowest BCUT2D eigenvalue weighted by molar-refractivity contribution is -0.661. The Morgan fingerprint density at radius 3 is 0.683 bits per heavy atom. The second kappa shape index (κ2) is 42.7. The topological polar surface area (TPSA) is 150 Å². The van der Waals surface area contributed by atoms with Gasteiger partial charge < -0.3 is 22.1 Å². The zero-order chi connectivity index (χ0) is 137. The predicted octanol–water partition coefficient (Wildman–Crippen LogP) is 32.1. The SMILES string of the molecule is [2H]C(C)(C)c1c[n+](C)c(-c2c(C)ccc3c2oc2nc(C([2H])([2H])C([2H])(C)C([2H])([2H])[2H])ccc23)cc1C.[2H]C([2H])([2H])C([2H])(C)c1c[n+](C)c(-c2c(C)ccc3c2oc2nc(C([2H])([2H])C([2H])(C)C([2H])([2H])[2H])ccc23)cc1C.[2H]C([2H])([2H])c1c[n+](C)c(-c2c(C)ccc3c2oc2nc(C([2H])([2H])C(C)C)ccc23)cc1C([2H])(C)C.[2H]C([2H])([2H])c1c[n+](C)c(-c2c(C)ccc3c2oc2nc(C([2H])([2H])C(C)C)ccc23)cc1C([2H])(C)C([2H])([2H])[2H].[2H]C([2H])(c1ccc2c(n1)oc1c(-c3cc(C)c(C([2H])(C)C([2H])([2H])[2H])c[n+]3C)c(C)ccc12)C(C)C. The van der Waals surface area contributed by atoms with Gasteiger partial charge in [0.25, 0.3) is 0 Å². The van der Waals surface area contributed by atoms with Gasteiger partial charge in [0.05, 0.1) is 27.8 Å². The molecule has 0 bridgehead atoms. The van der Waals surface area contributed by atoms with Gasteiger partial charge in [-0.25, -0.2) is 47.8 Å². The number of benzene rings is 5. The minimum Gasteiger partial charge on any atom is -0.437 e. The van der Waals surface area contributed by atoms with Crippen LogP contribution < -0.4 is 22.8 Å². The van der Waals surface area contributed by atoms with Crippen LogP contribution in [0, 0.1) is 98.6 Å². The summed E-state index contributed by atoms with van der Waals surface area (Å²) in [5.41, 5.74) is 21.0. The fraction of sp³-hybridized carbons (Fsp3) is 0.385. The van der Waals surface area contributed by atoms with E-state index in [1.165, 1.54) is 45.2 Å². The third kappa shape index (κ3) is 21.5. The van der Waals surface area contributed by atoms with Crippen LogP contribution in [0.5, 0.6) is 0 Å². The van der Waals surface area contributed by atoms with Crippen LogP contribution in [0.3, 0.4) is 0 Å². The van der Waals surface area contributed by atoms with E-state index in [1.54, 1.807) is 131 Å². The molecule has 15 nitrogen and oxygen atoms in total. The highest BCUT2D eigenvalue weighted by Crippen LogP contribution is 2.45. The number of aryl methyl sites for hydroxylation is 15. The Labute approximate surface area is 913 Å². The molecule has 0 N–H and O–H groups in total. The Bertz CT molecular complexity index is 10200. The number of hydrogen-bond acceptors (Lipinski definition) is 10. The average molecular weight is 1980 g/mol. The molecule has 0 saturated carbocycles. The largest absolute Gasteiger partial charge is 0.437 e. The normalized spacial score (nSPS) is 19.2. The zero-order valence-electron chi connectivity index (χ0n) is 126. The van der Waals surface area contributed by atoms with Gasteiger partial charge in [0.15, 0.2) is 58.9 Å². The minimum atomic E-state index is -2.89. The lowest BCUT2D eigenvalue weighted by atomic mass is 9.94. The Balaban J connectivity index is 0.000000158. The van der Waals surface area contributed by atoms with Crippen LogP contribution in [0.1, 0.15) is 332 Å². The second-order valence-corrected chi connectivity index (χ2v) is 39.5. The summed E-state index contributed by atoms with van der Waals surface area (Å²) in [6, 6.07) is 45.1. The molecule has 0 spiro atoms. The summed E-state index contributed by atoms with van der Waals surface area (Å²) in [5.74, 6) is -13.3. The van der Waals surface area contributed by atoms with Crippen molar-refractivity contribution in [1.29, 1.82) is 0 Å². The zero-order valence-corrected chi connectivity index (χ0v) is 88.1. The molecule has 0 amide bonds. The molecule has 0 aliphatic rings. The van der Waals surface area contributed by atoms with E-state index >= 15 is 0 Å². The van der Waals surface area contributed by atoms with Crippen molar-refractivity contribution in [2.24, 2.45) is 64.8 Å². The van der Waals surface area contributed by atoms with E-state index in [4.69, 9.17) is 74.2 Å². The molecular weight excluding hydrogens is 1780 g/mol. The lowest BCUT2D eigenvalue weighted by Crippen LogP contribution is -2.32. The summed E-state index contributed by atoms with van der Waals surface area (Å²) in [5, 5.41) is 7.53. The summed E-state index contributed by atoms with van der Waals surface area (Å²) < 4.78 is 349. The van der Waals surface area contributed by atoms with E-state index in [0.29, 0.717) is 111 Å². The van der Waals surface area contributed by atoms with Crippen molar-refractivity contribution in [2.45, 2.75) is 269 Å². The maximum atomic E-state index is 8.70. The van der Waals surface area contributed by atoms with Crippen molar-refractivity contribution in [1.82, 2.24) is 24.9 Å². The van der Waals surface area contributed by atoms with Crippen LogP contribution >= 0.6 is 0 Å². The van der Waals surface area contributed by atoms with Gasteiger partial charge in [0, 0.05) is 193 Å². The van der Waals surface area contributed by atoms with Gasteiger partial charge in [-0.05, 0) is 276 Å². The quantitative estimate of drug-likeness (QED) is 0.0675. The standard InChI is InChI=1S/5C26H31N2O/c2*1-15(2)12-19-9-11-21-20-10-8-17(5)24(25(20)29-26(21)27-19)23-13-22(16(3)4)18(6)14-28(23)7;3*1-15(2)12-19-9-11-21-20-10-8-17(5)24(25(20)29-26(21)27-19)23-13-18(6)22(16(3)4)14-28(23)7/h5*8-11,13-16H,12H2,1-7H3/q5*+1/i3D3,6D3,12D2,16D;6D3,12D2,16D;1D3,3D3,12D2,15D,16D;1D3,12D2,15D,16D;3D3,12D2,16D. The highest BCUT2D eigenvalue weighted by Gasteiger charge is 2.32. The number of furan rings is 5. The summed E-state index contributed by atoms with van der Waals surface area (Å²) in [7, 11) is 8.99. The van der Waals surface area contributed by atoms with E-state index in [1.807, 2.05) is 210 Å². The average Bonchev–Trinajstić information content (AvgIpc) is 1.46. The number of pyridine rings is 10. The minimum absolute atomic E-state index is 0.108. The third-order valence-corrected chi connectivity index (χ3v) is 26.1. The molecule has 0 aliphatic heterocycles. The van der Waals surface area contributed by atoms with Gasteiger partial charge in [-0.3, -0.25) is 0 Å². The van der Waals surface area contributed by atoms with E-state index < -0.39 is 121 Å². The van der Waals surface area contributed by atoms with E-state index in [9.17, 15) is 0 Å². The Morgan fingerprint density at radius 2 is 0.455 bits per heavy atom. The summed E-state index contributed by atoms with van der Waals surface area (Å²) in [4.78, 5) is 22.3. The Kier molecular flexibility index (Phi) is 19.4. The van der Waals surface area contributed by atoms with E-state index in [0.717, 1.165) is 130 Å². The fourth-order valence-electron chi connectivity index (χ4n) is 19.2. The summed E-state index contributed by atoms with van der Waals surface area (Å²) >= 11 is 0. The molecule has 750 valence electrons. The van der Waals surface area contributed by atoms with Gasteiger partial charge in [-0.15, -0.1) is 0 Å². The molecule has 20 aromatic rings. The number of nitrogens with zero attached hydrogens (tertiary/aromatic N) is 10. The molecule has 5 atom stereocenters. The first kappa shape index (κ1) is 65.9. The van der Waals surface area contributed by atoms with Gasteiger partial charge >= 0.3 is 0 Å². The first-order valence-corrected chi connectivity index (χ1v) is 48.7. The second-order valence-electron chi connectivity index (χ2n) is 39.5. The number of fused-ring (bicyclic) bond motifs is 15. The Hall–Kier alpha value is -13.4. The maximum Gasteiger partial charge on any atom is 0.227 e. The summed E-state index contributed by atoms with van der Waals surface area (Å²) in [6.07, 6.45) is -1.71. The summed E-state index contributed by atoms with van der Waals surface area (Å²) in [6.45, 7) is 20.8. The van der Waals surface area contributed by atoms with E-state index in [2.05, 4.69) is 24.9 Å². The number of rotatable bonds is 20. The van der Waals surface area contributed by atoms with Crippen molar-refractivity contribution in [3.05, 3.63) is 295 Å². The van der Waals surface area contributed by atoms with Crippen molar-refractivity contribution in [2.75, 3.05) is 0 Å². The molecule has 15 heterocycles. The molecule has 15 heteroatoms. The fourth-order valence-corrected chi connectivity index (χ4v) is 19.2. The van der Waals surface area contributed by atoms with E-state index in [-0.39, 0.29) is 68.7 Å². The molecular formula is C130H155N10O5+5. The van der Waals surface area contributed by atoms with Crippen molar-refractivity contribution in [3.8, 4) is 56.3 Å². The van der Waals surface area contributed by atoms with Crippen LogP contribution in [-0.4, -0.2) is 24.9 Å². The van der Waals surface area contributed by atoms with Crippen molar-refractivity contribution in [3.63, 3.8) is 0 Å². The van der Waals surface area contributed by atoms with Crippen LogP contribution in [0.15, 0.2) is 205 Å². The molecule has 0 aliphatic carbocycles. The highest BCUT2D eigenvalue weighted by atomic mass is 16.4. The molecule has 0 saturated heterocycles. The Morgan fingerprint density at radius 1 is 0.241 bits per heavy atom. The van der Waals surface area contributed by atoms with Crippen LogP contribution in [0.2, 0.25) is 0 Å². The van der Waals surface area contributed by atoms with Gasteiger partial charge in [0.1, 0.15) is 35.2 Å². The van der Waals surface area contributed by atoms with Crippen LogP contribution in [0.25, 0.3) is 167 Å². The number of hydrogen-bond donors (Lipinski definition) is 0. The predicted molar refractivity (Wildman–Crippen MR) is 601 cm³/mol. The van der Waals surface area contributed by atoms with Crippen molar-refractivity contribution < 1.29 is 97.0 Å². The molecule has 0 fully saturated rings. The molecule has 5 unspecified atom stereocenters.